The van der Waals surface area contributed by atoms with Crippen LogP contribution in [-0.2, 0) is 10.8 Å². The number of furan rings is 2. The van der Waals surface area contributed by atoms with Crippen molar-refractivity contribution in [3.8, 4) is 22.3 Å². The molecule has 2 heterocycles. The lowest BCUT2D eigenvalue weighted by atomic mass is 9.79. The minimum absolute atomic E-state index is 0.315. The molecule has 326 valence electrons. The van der Waals surface area contributed by atoms with Gasteiger partial charge in [0, 0.05) is 49.1 Å². The minimum atomic E-state index is -0.343. The molecule has 0 radical (unpaired) electrons. The highest BCUT2D eigenvalue weighted by atomic mass is 16.3. The molecule has 0 spiro atoms. The van der Waals surface area contributed by atoms with Crippen molar-refractivity contribution in [2.24, 2.45) is 0 Å². The summed E-state index contributed by atoms with van der Waals surface area (Å²) in [5.41, 5.74) is 17.8. The lowest BCUT2D eigenvalue weighted by molar-refractivity contribution is 0.652. The molecular weight excluding hydrogens is 831 g/mol. The average molecular weight is 878 g/mol. The Morgan fingerprint density at radius 2 is 1.01 bits per heavy atom. The first-order valence-electron chi connectivity index (χ1n) is 23.4. The van der Waals surface area contributed by atoms with E-state index in [1.54, 1.807) is 12.2 Å². The van der Waals surface area contributed by atoms with Gasteiger partial charge in [0.15, 0.2) is 11.2 Å². The fourth-order valence-corrected chi connectivity index (χ4v) is 11.5. The number of amidine groups is 1. The summed E-state index contributed by atoms with van der Waals surface area (Å²) in [6.45, 7) is 13.4. The Balaban J connectivity index is 0.975. The Morgan fingerprint density at radius 3 is 1.71 bits per heavy atom. The van der Waals surface area contributed by atoms with E-state index in [2.05, 4.69) is 185 Å². The van der Waals surface area contributed by atoms with E-state index in [-0.39, 0.29) is 10.8 Å². The van der Waals surface area contributed by atoms with Gasteiger partial charge in [0.25, 0.3) is 0 Å². The molecule has 2 aliphatic rings. The number of anilines is 5. The fourth-order valence-electron chi connectivity index (χ4n) is 11.5. The van der Waals surface area contributed by atoms with Crippen LogP contribution in [0.3, 0.4) is 0 Å². The number of nitrogens with zero attached hydrogens (tertiary/aromatic N) is 2. The molecule has 9 aromatic carbocycles. The van der Waals surface area contributed by atoms with Crippen LogP contribution in [0.1, 0.15) is 49.9 Å². The molecule has 0 unspecified atom stereocenters. The van der Waals surface area contributed by atoms with Crippen LogP contribution >= 0.6 is 0 Å². The zero-order chi connectivity index (χ0) is 46.1. The number of para-hydroxylation sites is 5. The molecule has 0 aliphatic heterocycles. The summed E-state index contributed by atoms with van der Waals surface area (Å²) in [5.74, 6) is 0.315. The van der Waals surface area contributed by atoms with Crippen molar-refractivity contribution >= 4 is 88.9 Å². The summed E-state index contributed by atoms with van der Waals surface area (Å²) >= 11 is 0. The maximum absolute atomic E-state index is 9.47. The SMILES string of the molecule is C=C/C=C\C(=N)N(c1ccc2c(c1)C(C)(C)c1cc3c(cc1-2)C(C)(C)c1cc(N(c2ccccc2)c2cccc4c2oc2ccccc24)c2ccccc2c1-3)c1cccc2c1oc1ccccc12. The van der Waals surface area contributed by atoms with E-state index in [0.29, 0.717) is 5.84 Å². The molecule has 0 fully saturated rings. The zero-order valence-electron chi connectivity index (χ0n) is 38.4. The number of benzene rings is 9. The predicted molar refractivity (Wildman–Crippen MR) is 284 cm³/mol. The second kappa shape index (κ2) is 14.5. The minimum Gasteiger partial charge on any atom is -0.454 e. The average Bonchev–Trinajstić information content (AvgIpc) is 4.06. The van der Waals surface area contributed by atoms with Crippen molar-refractivity contribution in [1.82, 2.24) is 0 Å². The topological polar surface area (TPSA) is 56.6 Å². The van der Waals surface area contributed by atoms with Crippen molar-refractivity contribution in [3.05, 3.63) is 223 Å². The van der Waals surface area contributed by atoms with Crippen LogP contribution in [0.2, 0.25) is 0 Å². The number of allylic oxidation sites excluding steroid dienone is 2. The molecule has 2 aliphatic carbocycles. The highest BCUT2D eigenvalue weighted by Crippen LogP contribution is 2.59. The van der Waals surface area contributed by atoms with E-state index in [1.807, 2.05) is 41.3 Å². The first-order chi connectivity index (χ1) is 33.1. The highest BCUT2D eigenvalue weighted by molar-refractivity contribution is 6.18. The first kappa shape index (κ1) is 39.9. The molecule has 5 nitrogen and oxygen atoms in total. The molecule has 0 bridgehead atoms. The zero-order valence-corrected chi connectivity index (χ0v) is 38.4. The van der Waals surface area contributed by atoms with Gasteiger partial charge in [-0.15, -0.1) is 0 Å². The number of nitrogens with one attached hydrogen (secondary N) is 1. The maximum Gasteiger partial charge on any atom is 0.159 e. The summed E-state index contributed by atoms with van der Waals surface area (Å²) < 4.78 is 13.3. The van der Waals surface area contributed by atoms with Gasteiger partial charge >= 0.3 is 0 Å². The molecular formula is C63H47N3O2. The van der Waals surface area contributed by atoms with Gasteiger partial charge in [0.05, 0.1) is 17.1 Å². The molecule has 0 amide bonds. The highest BCUT2D eigenvalue weighted by Gasteiger charge is 2.43. The van der Waals surface area contributed by atoms with Crippen LogP contribution in [0.4, 0.5) is 28.4 Å². The van der Waals surface area contributed by atoms with Crippen LogP contribution in [-0.4, -0.2) is 5.84 Å². The van der Waals surface area contributed by atoms with Crippen molar-refractivity contribution in [2.45, 2.75) is 38.5 Å². The Labute approximate surface area is 395 Å². The van der Waals surface area contributed by atoms with E-state index in [4.69, 9.17) is 8.83 Å². The van der Waals surface area contributed by atoms with Gasteiger partial charge in [0.1, 0.15) is 17.0 Å². The fraction of sp³-hybridized carbons (Fsp3) is 0.0952. The molecule has 0 saturated carbocycles. The molecule has 5 heteroatoms. The third kappa shape index (κ3) is 5.59. The van der Waals surface area contributed by atoms with Gasteiger partial charge in [-0.05, 0) is 123 Å². The van der Waals surface area contributed by atoms with Gasteiger partial charge in [-0.25, -0.2) is 0 Å². The monoisotopic (exact) mass is 877 g/mol. The number of hydrogen-bond donors (Lipinski definition) is 1. The number of rotatable bonds is 7. The Morgan fingerprint density at radius 1 is 0.471 bits per heavy atom. The van der Waals surface area contributed by atoms with Crippen LogP contribution in [0.15, 0.2) is 210 Å². The van der Waals surface area contributed by atoms with E-state index >= 15 is 0 Å². The van der Waals surface area contributed by atoms with Crippen LogP contribution in [0, 0.1) is 5.41 Å². The van der Waals surface area contributed by atoms with Gasteiger partial charge in [0.2, 0.25) is 0 Å². The summed E-state index contributed by atoms with van der Waals surface area (Å²) in [6, 6.07) is 62.9. The summed E-state index contributed by atoms with van der Waals surface area (Å²) in [5, 5.41) is 16.1. The standard InChI is InChI=1S/C63H47N3O2/c1-6-7-31-58(64)66(54-28-18-26-46-43-23-14-16-30-57(43)68-61(46)54)39-32-33-40-47-35-51-48(36-50(47)62(2,3)49(40)34-39)59-44-24-12-11-21-41(44)55(37-52(59)63(51,4)5)65(38-19-9-8-10-20-38)53-27-17-25-45-42-22-13-15-29-56(42)67-60(45)53/h6-37,64H,1H2,2-5H3/b31-7-,64-58?. The Bertz CT molecular complexity index is 3980. The van der Waals surface area contributed by atoms with E-state index in [9.17, 15) is 5.41 Å². The van der Waals surface area contributed by atoms with Gasteiger partial charge < -0.3 is 13.7 Å². The van der Waals surface area contributed by atoms with Gasteiger partial charge in [-0.1, -0.05) is 156 Å². The lowest BCUT2D eigenvalue weighted by Gasteiger charge is -2.29. The summed E-state index contributed by atoms with van der Waals surface area (Å²) in [6.07, 6.45) is 5.32. The molecule has 68 heavy (non-hydrogen) atoms. The molecule has 0 saturated heterocycles. The van der Waals surface area contributed by atoms with E-state index in [1.165, 1.54) is 55.3 Å². The smallest absolute Gasteiger partial charge is 0.159 e. The van der Waals surface area contributed by atoms with E-state index in [0.717, 1.165) is 72.3 Å². The first-order valence-corrected chi connectivity index (χ1v) is 23.4. The number of hydrogen-bond acceptors (Lipinski definition) is 4. The second-order valence-electron chi connectivity index (χ2n) is 19.3. The summed E-state index contributed by atoms with van der Waals surface area (Å²) in [4.78, 5) is 4.40. The lowest BCUT2D eigenvalue weighted by Crippen LogP contribution is -2.24. The van der Waals surface area contributed by atoms with Crippen LogP contribution in [0.5, 0.6) is 0 Å². The molecule has 1 N–H and O–H groups in total. The number of fused-ring (bicyclic) bond motifs is 14. The molecule has 13 rings (SSSR count). The summed E-state index contributed by atoms with van der Waals surface area (Å²) in [7, 11) is 0. The second-order valence-corrected chi connectivity index (χ2v) is 19.3. The van der Waals surface area contributed by atoms with Crippen molar-refractivity contribution in [2.75, 3.05) is 9.80 Å². The maximum atomic E-state index is 9.47. The molecule has 0 atom stereocenters. The Hall–Kier alpha value is -8.41. The largest absolute Gasteiger partial charge is 0.454 e. The van der Waals surface area contributed by atoms with Crippen molar-refractivity contribution in [1.29, 1.82) is 5.41 Å². The predicted octanol–water partition coefficient (Wildman–Crippen LogP) is 17.6. The van der Waals surface area contributed by atoms with Crippen molar-refractivity contribution < 1.29 is 8.83 Å². The van der Waals surface area contributed by atoms with Crippen LogP contribution < -0.4 is 9.80 Å². The normalized spacial score (nSPS) is 14.2. The Kier molecular flexibility index (Phi) is 8.54. The molecule has 2 aromatic heterocycles. The van der Waals surface area contributed by atoms with Crippen molar-refractivity contribution in [3.63, 3.8) is 0 Å². The van der Waals surface area contributed by atoms with Gasteiger partial charge in [-0.2, -0.15) is 0 Å². The quantitative estimate of drug-likeness (QED) is 0.0984. The van der Waals surface area contributed by atoms with Gasteiger partial charge in [-0.3, -0.25) is 10.3 Å². The third-order valence-electron chi connectivity index (χ3n) is 14.8. The van der Waals surface area contributed by atoms with Crippen LogP contribution in [0.25, 0.3) is 76.9 Å². The molecule has 11 aromatic rings. The third-order valence-corrected chi connectivity index (χ3v) is 14.8. The van der Waals surface area contributed by atoms with E-state index < -0.39 is 0 Å².